The molecule has 0 aliphatic rings. The lowest BCUT2D eigenvalue weighted by Gasteiger charge is -2.25. The van der Waals surface area contributed by atoms with Gasteiger partial charge in [-0.1, -0.05) is 12.1 Å². The number of benzene rings is 1. The van der Waals surface area contributed by atoms with Gasteiger partial charge in [0.1, 0.15) is 4.90 Å². The topological polar surface area (TPSA) is 112 Å². The number of anilines is 2. The Balaban J connectivity index is 2.11. The van der Waals surface area contributed by atoms with Crippen molar-refractivity contribution in [3.63, 3.8) is 0 Å². The number of hydrogen-bond acceptors (Lipinski definition) is 8. The molecule has 0 spiro atoms. The lowest BCUT2D eigenvalue weighted by atomic mass is 9.86. The number of esters is 1. The molecule has 0 fully saturated rings. The fourth-order valence-electron chi connectivity index (χ4n) is 3.31. The maximum Gasteiger partial charge on any atom is 0.311 e. The van der Waals surface area contributed by atoms with E-state index >= 15 is 0 Å². The average molecular weight is 471 g/mol. The molecular formula is C23H26N4O5S. The minimum absolute atomic E-state index is 0.00895. The van der Waals surface area contributed by atoms with Crippen LogP contribution in [0.3, 0.4) is 0 Å². The summed E-state index contributed by atoms with van der Waals surface area (Å²) in [5.74, 6) is -0.236. The Bertz CT molecular complexity index is 1230. The molecular weight excluding hydrogens is 444 g/mol. The van der Waals surface area contributed by atoms with Crippen LogP contribution in [0.4, 0.5) is 11.5 Å². The highest BCUT2D eigenvalue weighted by Gasteiger charge is 2.32. The number of aromatic nitrogens is 3. The largest absolute Gasteiger partial charge is 0.478 e. The number of hydrogen-bond donors (Lipinski definition) is 0. The van der Waals surface area contributed by atoms with Gasteiger partial charge in [-0.2, -0.15) is 0 Å². The number of aryl methyl sites for hydroxylation is 1. The van der Waals surface area contributed by atoms with Crippen LogP contribution in [0, 0.1) is 12.3 Å². The highest BCUT2D eigenvalue weighted by atomic mass is 32.2. The first-order valence-electron chi connectivity index (χ1n) is 10.1. The summed E-state index contributed by atoms with van der Waals surface area (Å²) in [6, 6.07) is 9.83. The van der Waals surface area contributed by atoms with Crippen LogP contribution in [0.15, 0.2) is 59.9 Å². The van der Waals surface area contributed by atoms with Crippen molar-refractivity contribution >= 4 is 27.5 Å². The van der Waals surface area contributed by atoms with Gasteiger partial charge in [-0.25, -0.2) is 22.7 Å². The van der Waals surface area contributed by atoms with Crippen LogP contribution in [0.5, 0.6) is 5.88 Å². The second-order valence-corrected chi connectivity index (χ2v) is 9.81. The number of nitrogens with zero attached hydrogens (tertiary/aromatic N) is 4. The van der Waals surface area contributed by atoms with E-state index in [0.29, 0.717) is 17.8 Å². The highest BCUT2D eigenvalue weighted by Crippen LogP contribution is 2.36. The first-order valence-corrected chi connectivity index (χ1v) is 11.5. The van der Waals surface area contributed by atoms with Crippen LogP contribution in [0.1, 0.15) is 25.1 Å². The third-order valence-corrected chi connectivity index (χ3v) is 6.66. The summed E-state index contributed by atoms with van der Waals surface area (Å²) < 4.78 is 38.5. The van der Waals surface area contributed by atoms with Crippen molar-refractivity contribution in [1.29, 1.82) is 0 Å². The summed E-state index contributed by atoms with van der Waals surface area (Å²) in [7, 11) is -1.35. The monoisotopic (exact) mass is 470 g/mol. The molecule has 0 N–H and O–H groups in total. The number of sulfonamides is 1. The molecule has 0 unspecified atom stereocenters. The van der Waals surface area contributed by atoms with Gasteiger partial charge in [-0.05, 0) is 57.0 Å². The molecule has 0 amide bonds. The minimum atomic E-state index is -4.10. The number of ether oxygens (including phenoxy) is 2. The van der Waals surface area contributed by atoms with Gasteiger partial charge in [0.15, 0.2) is 0 Å². The quantitative estimate of drug-likeness (QED) is 0.460. The zero-order chi connectivity index (χ0) is 24.2. The fourth-order valence-corrected chi connectivity index (χ4v) is 4.72. The summed E-state index contributed by atoms with van der Waals surface area (Å²) in [4.78, 5) is 24.6. The van der Waals surface area contributed by atoms with Crippen LogP contribution in [0.25, 0.3) is 0 Å². The second kappa shape index (κ2) is 9.53. The van der Waals surface area contributed by atoms with Crippen LogP contribution < -0.4 is 9.04 Å². The molecule has 33 heavy (non-hydrogen) atoms. The van der Waals surface area contributed by atoms with E-state index in [1.54, 1.807) is 51.1 Å². The van der Waals surface area contributed by atoms with E-state index in [2.05, 4.69) is 15.0 Å². The number of pyridine rings is 1. The van der Waals surface area contributed by atoms with Gasteiger partial charge in [0, 0.05) is 12.4 Å². The standard InChI is InChI=1S/C23H26N4O5S/c1-16-14-25-20(21(26-16)31-4)27(33(29,30)19-7-6-12-24-15-19)18-10-8-17(9-11-18)13-23(2,3)22(28)32-5/h6-12,14-15H,13H2,1-5H3. The van der Waals surface area contributed by atoms with Gasteiger partial charge in [0.05, 0.1) is 37.2 Å². The van der Waals surface area contributed by atoms with Crippen molar-refractivity contribution in [2.24, 2.45) is 5.41 Å². The lowest BCUT2D eigenvalue weighted by molar-refractivity contribution is -0.150. The molecule has 0 aliphatic heterocycles. The third kappa shape index (κ3) is 5.11. The van der Waals surface area contributed by atoms with Crippen LogP contribution in [-0.4, -0.2) is 43.6 Å². The number of carbonyl (C=O) groups is 1. The molecule has 0 aliphatic carbocycles. The van der Waals surface area contributed by atoms with E-state index in [1.807, 2.05) is 0 Å². The Morgan fingerprint density at radius 1 is 1.09 bits per heavy atom. The van der Waals surface area contributed by atoms with Crippen molar-refractivity contribution in [3.8, 4) is 5.88 Å². The maximum atomic E-state index is 13.6. The Morgan fingerprint density at radius 2 is 1.79 bits per heavy atom. The molecule has 9 nitrogen and oxygen atoms in total. The summed E-state index contributed by atoms with van der Waals surface area (Å²) in [5.41, 5.74) is 1.02. The van der Waals surface area contributed by atoms with Gasteiger partial charge >= 0.3 is 5.97 Å². The van der Waals surface area contributed by atoms with E-state index in [9.17, 15) is 13.2 Å². The molecule has 174 valence electrons. The SMILES string of the molecule is COC(=O)C(C)(C)Cc1ccc(N(c2ncc(C)nc2OC)S(=O)(=O)c2cccnc2)cc1. The molecule has 0 saturated carbocycles. The highest BCUT2D eigenvalue weighted by molar-refractivity contribution is 7.93. The number of methoxy groups -OCH3 is 2. The first-order chi connectivity index (χ1) is 15.6. The molecule has 1 aromatic carbocycles. The van der Waals surface area contributed by atoms with Gasteiger partial charge < -0.3 is 9.47 Å². The Morgan fingerprint density at radius 3 is 2.36 bits per heavy atom. The maximum absolute atomic E-state index is 13.6. The molecule has 0 bridgehead atoms. The van der Waals surface area contributed by atoms with Gasteiger partial charge in [-0.15, -0.1) is 0 Å². The van der Waals surface area contributed by atoms with Crippen molar-refractivity contribution in [1.82, 2.24) is 15.0 Å². The smallest absolute Gasteiger partial charge is 0.311 e. The first kappa shape index (κ1) is 24.1. The zero-order valence-corrected chi connectivity index (χ0v) is 20.0. The Labute approximate surface area is 193 Å². The molecule has 0 atom stereocenters. The summed E-state index contributed by atoms with van der Waals surface area (Å²) in [6.45, 7) is 5.31. The molecule has 3 rings (SSSR count). The van der Waals surface area contributed by atoms with Crippen molar-refractivity contribution in [2.75, 3.05) is 18.5 Å². The molecule has 10 heteroatoms. The predicted molar refractivity (Wildman–Crippen MR) is 123 cm³/mol. The normalized spacial score (nSPS) is 11.7. The van der Waals surface area contributed by atoms with Gasteiger partial charge in [-0.3, -0.25) is 9.78 Å². The summed E-state index contributed by atoms with van der Waals surface area (Å²) in [6.07, 6.45) is 4.65. The summed E-state index contributed by atoms with van der Waals surface area (Å²) >= 11 is 0. The molecule has 3 aromatic rings. The van der Waals surface area contributed by atoms with Crippen molar-refractivity contribution in [2.45, 2.75) is 32.1 Å². The number of rotatable bonds is 8. The second-order valence-electron chi connectivity index (χ2n) is 8.02. The van der Waals surface area contributed by atoms with E-state index in [-0.39, 0.29) is 22.6 Å². The van der Waals surface area contributed by atoms with Gasteiger partial charge in [0.2, 0.25) is 5.82 Å². The molecule has 2 aromatic heterocycles. The predicted octanol–water partition coefficient (Wildman–Crippen LogP) is 3.46. The van der Waals surface area contributed by atoms with Crippen LogP contribution >= 0.6 is 0 Å². The fraction of sp³-hybridized carbons (Fsp3) is 0.304. The Hall–Kier alpha value is -3.53. The lowest BCUT2D eigenvalue weighted by Crippen LogP contribution is -2.29. The van der Waals surface area contributed by atoms with E-state index in [0.717, 1.165) is 9.87 Å². The molecule has 2 heterocycles. The van der Waals surface area contributed by atoms with Crippen molar-refractivity contribution < 1.29 is 22.7 Å². The van der Waals surface area contributed by atoms with Crippen molar-refractivity contribution in [3.05, 3.63) is 66.2 Å². The van der Waals surface area contributed by atoms with E-state index in [1.165, 1.54) is 38.9 Å². The van der Waals surface area contributed by atoms with Crippen LogP contribution in [-0.2, 0) is 26.0 Å². The number of carbonyl (C=O) groups excluding carboxylic acids is 1. The summed E-state index contributed by atoms with van der Waals surface area (Å²) in [5, 5.41) is 0. The third-order valence-electron chi connectivity index (χ3n) is 4.96. The zero-order valence-electron chi connectivity index (χ0n) is 19.1. The molecule has 0 radical (unpaired) electrons. The van der Waals surface area contributed by atoms with Gasteiger partial charge in [0.25, 0.3) is 15.9 Å². The molecule has 0 saturated heterocycles. The minimum Gasteiger partial charge on any atom is -0.478 e. The average Bonchev–Trinajstić information content (AvgIpc) is 2.80. The van der Waals surface area contributed by atoms with E-state index in [4.69, 9.17) is 9.47 Å². The van der Waals surface area contributed by atoms with E-state index < -0.39 is 15.4 Å². The van der Waals surface area contributed by atoms with Crippen LogP contribution in [0.2, 0.25) is 0 Å². The Kier molecular flexibility index (Phi) is 6.97.